The van der Waals surface area contributed by atoms with Crippen LogP contribution in [0, 0.1) is 6.92 Å². The zero-order valence-electron chi connectivity index (χ0n) is 16.1. The first-order valence-electron chi connectivity index (χ1n) is 9.22. The molecule has 1 heterocycles. The molecule has 0 saturated carbocycles. The zero-order valence-corrected chi connectivity index (χ0v) is 19.3. The third-order valence-electron chi connectivity index (χ3n) is 4.72. The van der Waals surface area contributed by atoms with E-state index in [1.807, 2.05) is 43.3 Å². The zero-order chi connectivity index (χ0) is 21.3. The van der Waals surface area contributed by atoms with Crippen molar-refractivity contribution < 1.29 is 13.2 Å². The van der Waals surface area contributed by atoms with Crippen molar-refractivity contribution in [1.82, 2.24) is 0 Å². The molecule has 3 aromatic rings. The fraction of sp³-hybridized carbons (Fsp3) is 0.136. The van der Waals surface area contributed by atoms with Crippen molar-refractivity contribution in [2.24, 2.45) is 0 Å². The quantitative estimate of drug-likeness (QED) is 0.511. The minimum absolute atomic E-state index is 0.0654. The van der Waals surface area contributed by atoms with Crippen LogP contribution in [0.25, 0.3) is 0 Å². The van der Waals surface area contributed by atoms with Gasteiger partial charge in [-0.3, -0.25) is 14.4 Å². The van der Waals surface area contributed by atoms with Crippen molar-refractivity contribution in [2.45, 2.75) is 17.2 Å². The highest BCUT2D eigenvalue weighted by molar-refractivity contribution is 9.10. The second kappa shape index (κ2) is 8.45. The number of carbonyl (C=O) groups excluding carboxylic acids is 1. The van der Waals surface area contributed by atoms with E-state index < -0.39 is 10.0 Å². The number of nitrogens with one attached hydrogen (secondary N) is 1. The van der Waals surface area contributed by atoms with Crippen LogP contribution in [0.15, 0.2) is 82.2 Å². The van der Waals surface area contributed by atoms with E-state index >= 15 is 0 Å². The molecule has 1 unspecified atom stereocenters. The molecule has 1 saturated heterocycles. The Morgan fingerprint density at radius 2 is 1.73 bits per heavy atom. The molecule has 0 bridgehead atoms. The molecule has 1 amide bonds. The second-order valence-electron chi connectivity index (χ2n) is 6.95. The predicted octanol–water partition coefficient (Wildman–Crippen LogP) is 5.34. The van der Waals surface area contributed by atoms with E-state index in [-0.39, 0.29) is 16.2 Å². The summed E-state index contributed by atoms with van der Waals surface area (Å²) in [5.74, 6) is 0.479. The maximum absolute atomic E-state index is 12.6. The van der Waals surface area contributed by atoms with Crippen LogP contribution < -0.4 is 9.62 Å². The molecule has 1 aliphatic rings. The Kier molecular flexibility index (Phi) is 5.90. The van der Waals surface area contributed by atoms with Crippen LogP contribution in [0.2, 0.25) is 0 Å². The molecule has 1 atom stereocenters. The number of nitrogens with zero attached hydrogens (tertiary/aromatic N) is 1. The lowest BCUT2D eigenvalue weighted by atomic mass is 10.1. The number of aryl methyl sites for hydroxylation is 1. The average Bonchev–Trinajstić information content (AvgIpc) is 3.10. The summed E-state index contributed by atoms with van der Waals surface area (Å²) < 4.78 is 28.6. The number of benzene rings is 3. The smallest absolute Gasteiger partial charge is 0.261 e. The van der Waals surface area contributed by atoms with Crippen LogP contribution in [0.3, 0.4) is 0 Å². The van der Waals surface area contributed by atoms with Gasteiger partial charge in [0.25, 0.3) is 10.0 Å². The number of hydrogen-bond acceptors (Lipinski definition) is 4. The highest BCUT2D eigenvalue weighted by Gasteiger charge is 2.34. The van der Waals surface area contributed by atoms with Crippen LogP contribution in [0.4, 0.5) is 11.4 Å². The van der Waals surface area contributed by atoms with E-state index in [1.165, 1.54) is 0 Å². The van der Waals surface area contributed by atoms with Gasteiger partial charge >= 0.3 is 0 Å². The van der Waals surface area contributed by atoms with Crippen LogP contribution in [-0.4, -0.2) is 20.1 Å². The Bertz CT molecular complexity index is 1180. The summed E-state index contributed by atoms with van der Waals surface area (Å²) in [7, 11) is -3.67. The van der Waals surface area contributed by atoms with Crippen LogP contribution in [-0.2, 0) is 14.8 Å². The topological polar surface area (TPSA) is 66.5 Å². The van der Waals surface area contributed by atoms with Crippen molar-refractivity contribution in [3.63, 3.8) is 0 Å². The van der Waals surface area contributed by atoms with E-state index in [2.05, 4.69) is 20.7 Å². The van der Waals surface area contributed by atoms with Crippen LogP contribution in [0.5, 0.6) is 0 Å². The Morgan fingerprint density at radius 1 is 1.03 bits per heavy atom. The standard InChI is InChI=1S/C22H19BrN2O3S2/c1-15-3-2-4-19(13-15)25-21(26)14-29-22(25)16-5-9-18(10-6-16)24-30(27,28)20-11-7-17(23)8-12-20/h2-13,22,24H,14H2,1H3. The lowest BCUT2D eigenvalue weighted by Crippen LogP contribution is -2.27. The van der Waals surface area contributed by atoms with Gasteiger partial charge in [-0.1, -0.05) is 40.2 Å². The summed E-state index contributed by atoms with van der Waals surface area (Å²) in [6.07, 6.45) is 0. The molecule has 3 aromatic carbocycles. The van der Waals surface area contributed by atoms with Crippen molar-refractivity contribution in [2.75, 3.05) is 15.4 Å². The number of amides is 1. The number of hydrogen-bond donors (Lipinski definition) is 1. The van der Waals surface area contributed by atoms with Gasteiger partial charge in [-0.2, -0.15) is 0 Å². The molecule has 30 heavy (non-hydrogen) atoms. The number of anilines is 2. The fourth-order valence-electron chi connectivity index (χ4n) is 3.27. The van der Waals surface area contributed by atoms with Crippen LogP contribution >= 0.6 is 27.7 Å². The monoisotopic (exact) mass is 502 g/mol. The maximum atomic E-state index is 12.6. The minimum Gasteiger partial charge on any atom is -0.295 e. The molecular formula is C22H19BrN2O3S2. The van der Waals surface area contributed by atoms with Gasteiger partial charge in [-0.15, -0.1) is 11.8 Å². The summed E-state index contributed by atoms with van der Waals surface area (Å²) in [5.41, 5.74) is 3.38. The van der Waals surface area contributed by atoms with Crippen molar-refractivity contribution in [1.29, 1.82) is 0 Å². The molecule has 1 N–H and O–H groups in total. The lowest BCUT2D eigenvalue weighted by molar-refractivity contribution is -0.115. The second-order valence-corrected chi connectivity index (χ2v) is 10.6. The predicted molar refractivity (Wildman–Crippen MR) is 125 cm³/mol. The van der Waals surface area contributed by atoms with E-state index in [9.17, 15) is 13.2 Å². The largest absolute Gasteiger partial charge is 0.295 e. The molecule has 154 valence electrons. The van der Waals surface area contributed by atoms with Gasteiger partial charge in [0.2, 0.25) is 5.91 Å². The SMILES string of the molecule is Cc1cccc(N2C(=O)CSC2c2ccc(NS(=O)(=O)c3ccc(Br)cc3)cc2)c1. The fourth-order valence-corrected chi connectivity index (χ4v) is 5.77. The number of sulfonamides is 1. The molecule has 0 aliphatic carbocycles. The molecule has 5 nitrogen and oxygen atoms in total. The molecule has 0 spiro atoms. The molecule has 0 aromatic heterocycles. The van der Waals surface area contributed by atoms with E-state index in [1.54, 1.807) is 53.1 Å². The number of halogens is 1. The lowest BCUT2D eigenvalue weighted by Gasteiger charge is -2.25. The van der Waals surface area contributed by atoms with Crippen molar-refractivity contribution in [3.05, 3.63) is 88.4 Å². The van der Waals surface area contributed by atoms with Gasteiger partial charge in [-0.05, 0) is 66.6 Å². The van der Waals surface area contributed by atoms with Gasteiger partial charge in [0, 0.05) is 15.8 Å². The third kappa shape index (κ3) is 4.40. The Balaban J connectivity index is 1.55. The minimum atomic E-state index is -3.67. The van der Waals surface area contributed by atoms with E-state index in [4.69, 9.17) is 0 Å². The van der Waals surface area contributed by atoms with Crippen LogP contribution in [0.1, 0.15) is 16.5 Å². The first kappa shape index (κ1) is 21.0. The summed E-state index contributed by atoms with van der Waals surface area (Å²) in [6.45, 7) is 2.00. The number of rotatable bonds is 5. The van der Waals surface area contributed by atoms with Gasteiger partial charge in [-0.25, -0.2) is 8.42 Å². The highest BCUT2D eigenvalue weighted by atomic mass is 79.9. The molecule has 8 heteroatoms. The van der Waals surface area contributed by atoms with Gasteiger partial charge in [0.1, 0.15) is 5.37 Å². The molecule has 1 aliphatic heterocycles. The first-order chi connectivity index (χ1) is 14.3. The van der Waals surface area contributed by atoms with Gasteiger partial charge < -0.3 is 0 Å². The summed E-state index contributed by atoms with van der Waals surface area (Å²) in [5, 5.41) is -0.142. The molecule has 0 radical (unpaired) electrons. The highest BCUT2D eigenvalue weighted by Crippen LogP contribution is 2.42. The van der Waals surface area contributed by atoms with Gasteiger partial charge in [0.15, 0.2) is 0 Å². The average molecular weight is 503 g/mol. The first-order valence-corrected chi connectivity index (χ1v) is 12.5. The normalized spacial score (nSPS) is 16.7. The summed E-state index contributed by atoms with van der Waals surface area (Å²) in [6, 6.07) is 21.5. The summed E-state index contributed by atoms with van der Waals surface area (Å²) >= 11 is 4.87. The van der Waals surface area contributed by atoms with Crippen molar-refractivity contribution in [3.8, 4) is 0 Å². The Hall–Kier alpha value is -2.29. The van der Waals surface area contributed by atoms with E-state index in [0.29, 0.717) is 11.4 Å². The Morgan fingerprint density at radius 3 is 2.40 bits per heavy atom. The molecular weight excluding hydrogens is 484 g/mol. The van der Waals surface area contributed by atoms with Gasteiger partial charge in [0.05, 0.1) is 10.6 Å². The Labute approximate surface area is 188 Å². The van der Waals surface area contributed by atoms with E-state index in [0.717, 1.165) is 21.3 Å². The maximum Gasteiger partial charge on any atom is 0.261 e. The molecule has 1 fully saturated rings. The third-order valence-corrected chi connectivity index (χ3v) is 7.86. The van der Waals surface area contributed by atoms with Crippen molar-refractivity contribution >= 4 is 55.0 Å². The number of carbonyl (C=O) groups is 1. The number of thioether (sulfide) groups is 1. The molecule has 4 rings (SSSR count). The summed E-state index contributed by atoms with van der Waals surface area (Å²) in [4.78, 5) is 14.5.